The van der Waals surface area contributed by atoms with Crippen molar-refractivity contribution in [2.24, 2.45) is 51.8 Å². The van der Waals surface area contributed by atoms with Crippen molar-refractivity contribution in [3.05, 3.63) is 0 Å². The van der Waals surface area contributed by atoms with Gasteiger partial charge in [-0.25, -0.2) is 0 Å². The van der Waals surface area contributed by atoms with E-state index in [4.69, 9.17) is 27.4 Å². The van der Waals surface area contributed by atoms with Gasteiger partial charge in [0.05, 0.1) is 37.1 Å². The summed E-state index contributed by atoms with van der Waals surface area (Å²) in [5, 5.41) is 52.2. The Morgan fingerprint density at radius 1 is 0.567 bits per heavy atom. The molecule has 0 spiro atoms. The molecule has 20 heteroatoms. The third-order valence-corrected chi connectivity index (χ3v) is 8.97. The molecule has 0 aliphatic carbocycles. The number of aliphatic imine (C=N–C) groups is 1. The lowest BCUT2D eigenvalue weighted by Crippen LogP contribution is -2.59. The second-order valence-corrected chi connectivity index (χ2v) is 17.2. The van der Waals surface area contributed by atoms with E-state index in [0.29, 0.717) is 32.2 Å². The summed E-state index contributed by atoms with van der Waals surface area (Å²) in [7, 11) is 0. The van der Waals surface area contributed by atoms with Crippen LogP contribution in [0.15, 0.2) is 4.99 Å². The van der Waals surface area contributed by atoms with E-state index in [1.807, 2.05) is 41.5 Å². The van der Waals surface area contributed by atoms with Gasteiger partial charge in [-0.05, 0) is 62.2 Å². The van der Waals surface area contributed by atoms with Crippen molar-refractivity contribution in [1.29, 1.82) is 0 Å². The van der Waals surface area contributed by atoms with Crippen LogP contribution < -0.4 is 43.8 Å². The predicted octanol–water partition coefficient (Wildman–Crippen LogP) is -0.0809. The van der Waals surface area contributed by atoms with Gasteiger partial charge >= 0.3 is 11.9 Å². The lowest BCUT2D eigenvalue weighted by atomic mass is 9.95. The van der Waals surface area contributed by atoms with Gasteiger partial charge in [0.25, 0.3) is 0 Å². The molecule has 0 saturated carbocycles. The number of aliphatic hydroxyl groups excluding tert-OH is 2. The number of carbonyl (C=O) groups excluding carboxylic acids is 5. The Labute approximate surface area is 355 Å². The maximum atomic E-state index is 13.5. The van der Waals surface area contributed by atoms with Gasteiger partial charge < -0.3 is 64.2 Å². The molecule has 0 rings (SSSR count). The van der Waals surface area contributed by atoms with Crippen LogP contribution in [0.3, 0.4) is 0 Å². The number of nitrogens with two attached hydrogens (primary N) is 3. The summed E-state index contributed by atoms with van der Waals surface area (Å²) >= 11 is 0. The van der Waals surface area contributed by atoms with Gasteiger partial charge in [-0.2, -0.15) is 0 Å². The van der Waals surface area contributed by atoms with E-state index in [-0.39, 0.29) is 47.9 Å². The number of aliphatic hydroxyl groups is 2. The molecule has 0 unspecified atom stereocenters. The molecule has 60 heavy (non-hydrogen) atoms. The zero-order valence-electron chi connectivity index (χ0n) is 37.5. The van der Waals surface area contributed by atoms with Crippen LogP contribution in [0.4, 0.5) is 0 Å². The Hall–Kier alpha value is -4.56. The Balaban J connectivity index is 0. The summed E-state index contributed by atoms with van der Waals surface area (Å²) in [4.78, 5) is 89.8. The summed E-state index contributed by atoms with van der Waals surface area (Å²) in [6, 6.07) is -5.43. The summed E-state index contributed by atoms with van der Waals surface area (Å²) < 4.78 is 0. The topological polar surface area (TPSA) is 351 Å². The molecule has 0 aliphatic rings. The minimum Gasteiger partial charge on any atom is -0.481 e. The molecule has 0 saturated heterocycles. The highest BCUT2D eigenvalue weighted by Crippen LogP contribution is 2.15. The Morgan fingerprint density at radius 3 is 1.42 bits per heavy atom. The summed E-state index contributed by atoms with van der Waals surface area (Å²) in [6.45, 7) is 20.2. The van der Waals surface area contributed by atoms with Gasteiger partial charge in [0.1, 0.15) is 24.2 Å². The Bertz CT molecular complexity index is 1390. The van der Waals surface area contributed by atoms with Gasteiger partial charge in [-0.15, -0.1) is 0 Å². The van der Waals surface area contributed by atoms with Gasteiger partial charge in [0.2, 0.25) is 29.5 Å². The first-order valence-electron chi connectivity index (χ1n) is 20.7. The monoisotopic (exact) mass is 860 g/mol. The van der Waals surface area contributed by atoms with E-state index in [2.05, 4.69) is 31.6 Å². The Kier molecular flexibility index (Phi) is 28.4. The molecule has 0 aromatic rings. The average molecular weight is 860 g/mol. The molecule has 348 valence electrons. The number of carbonyl (C=O) groups is 7. The molecular weight excluding hydrogens is 782 g/mol. The van der Waals surface area contributed by atoms with Crippen molar-refractivity contribution in [2.45, 2.75) is 170 Å². The van der Waals surface area contributed by atoms with Crippen molar-refractivity contribution >= 4 is 47.4 Å². The molecule has 8 atom stereocenters. The van der Waals surface area contributed by atoms with E-state index in [0.717, 1.165) is 0 Å². The van der Waals surface area contributed by atoms with E-state index >= 15 is 0 Å². The molecular formula is C40H77N9O11. The SMILES string of the molecule is CC(C)CC(=O)N[C@H](C(=O)N[C@H](C(=O)N[C@@H](CC(C)C)[C@@H](O)CC(=O)N[C@@H](C)C(=O)N[C@@H](CC(C)C)[C@@H](O)CC(=O)O)C(C)C)C(C)C.NC(N)=NCCC[C@H](N)C(=O)O. The van der Waals surface area contributed by atoms with Crippen molar-refractivity contribution in [1.82, 2.24) is 26.6 Å². The largest absolute Gasteiger partial charge is 0.481 e. The first kappa shape index (κ1) is 57.5. The molecule has 0 bridgehead atoms. The summed E-state index contributed by atoms with van der Waals surface area (Å²) in [5.41, 5.74) is 15.3. The number of hydrogen-bond donors (Lipinski definition) is 12. The zero-order valence-corrected chi connectivity index (χ0v) is 37.5. The Morgan fingerprint density at radius 2 is 1.00 bits per heavy atom. The highest BCUT2D eigenvalue weighted by molar-refractivity contribution is 5.92. The molecule has 0 aliphatic heterocycles. The number of rotatable bonds is 27. The maximum absolute atomic E-state index is 13.5. The predicted molar refractivity (Wildman–Crippen MR) is 228 cm³/mol. The molecule has 0 aromatic carbocycles. The molecule has 20 nitrogen and oxygen atoms in total. The number of amides is 5. The first-order chi connectivity index (χ1) is 27.6. The average Bonchev–Trinajstić information content (AvgIpc) is 3.09. The van der Waals surface area contributed by atoms with Crippen molar-refractivity contribution in [3.8, 4) is 0 Å². The summed E-state index contributed by atoms with van der Waals surface area (Å²) in [5.74, 6) is -5.24. The fraction of sp³-hybridized carbons (Fsp3) is 0.800. The molecule has 5 amide bonds. The standard InChI is InChI=1S/C34H63N5O9.C6H14N4O2/c1-17(2)12-23(37-33(47)31(21(9)10)39-34(48)30(20(7)8)38-27(42)14-19(5)6)25(40)15-28(43)35-22(11)32(46)36-24(13-18(3)4)26(41)16-29(44)45;7-4(5(11)12)2-1-3-10-6(8)9/h17-26,30-31,40-41H,12-16H2,1-11H3,(H,35,43)(H,36,46)(H,37,47)(H,38,42)(H,39,48)(H,44,45);4H,1-3,7H2,(H,11,12)(H4,8,9,10)/t22-,23-,24-,25-,26-,30-,31-;4-/m00/s1. The van der Waals surface area contributed by atoms with E-state index < -0.39 is 96.9 Å². The normalized spacial score (nSPS) is 15.3. The zero-order chi connectivity index (χ0) is 47.0. The van der Waals surface area contributed by atoms with Crippen molar-refractivity contribution in [2.75, 3.05) is 6.54 Å². The van der Waals surface area contributed by atoms with Crippen molar-refractivity contribution < 1.29 is 54.0 Å². The lowest BCUT2D eigenvalue weighted by molar-refractivity contribution is -0.140. The first-order valence-corrected chi connectivity index (χ1v) is 20.7. The van der Waals surface area contributed by atoms with Gasteiger partial charge in [-0.3, -0.25) is 38.6 Å². The van der Waals surface area contributed by atoms with Crippen LogP contribution in [-0.2, 0) is 33.6 Å². The number of nitrogens with zero attached hydrogens (tertiary/aromatic N) is 1. The quantitative estimate of drug-likeness (QED) is 0.0292. The molecule has 0 fully saturated rings. The van der Waals surface area contributed by atoms with Crippen LogP contribution >= 0.6 is 0 Å². The highest BCUT2D eigenvalue weighted by Gasteiger charge is 2.34. The van der Waals surface area contributed by atoms with Crippen LogP contribution in [0.2, 0.25) is 0 Å². The molecule has 0 radical (unpaired) electrons. The van der Waals surface area contributed by atoms with Crippen LogP contribution in [0.1, 0.15) is 121 Å². The number of carboxylic acids is 2. The second kappa shape index (κ2) is 29.6. The van der Waals surface area contributed by atoms with Crippen LogP contribution in [0.25, 0.3) is 0 Å². The van der Waals surface area contributed by atoms with Crippen LogP contribution in [-0.4, -0.2) is 123 Å². The van der Waals surface area contributed by atoms with Crippen LogP contribution in [0, 0.1) is 29.6 Å². The number of nitrogens with one attached hydrogen (secondary N) is 5. The van der Waals surface area contributed by atoms with E-state index in [9.17, 15) is 43.8 Å². The summed E-state index contributed by atoms with van der Waals surface area (Å²) in [6.07, 6.45) is -1.81. The van der Waals surface area contributed by atoms with Crippen LogP contribution in [0.5, 0.6) is 0 Å². The number of aliphatic carboxylic acids is 2. The highest BCUT2D eigenvalue weighted by atomic mass is 16.4. The molecule has 0 aromatic heterocycles. The second-order valence-electron chi connectivity index (χ2n) is 17.2. The minimum absolute atomic E-state index is 0.0129. The van der Waals surface area contributed by atoms with Gasteiger partial charge in [0, 0.05) is 13.0 Å². The number of guanidine groups is 1. The van der Waals surface area contributed by atoms with Gasteiger partial charge in [-0.1, -0.05) is 69.2 Å². The van der Waals surface area contributed by atoms with Gasteiger partial charge in [0.15, 0.2) is 5.96 Å². The smallest absolute Gasteiger partial charge is 0.320 e. The fourth-order valence-corrected chi connectivity index (χ4v) is 5.80. The third-order valence-electron chi connectivity index (χ3n) is 8.97. The molecule has 0 heterocycles. The lowest BCUT2D eigenvalue weighted by Gasteiger charge is -2.31. The maximum Gasteiger partial charge on any atom is 0.320 e. The fourth-order valence-electron chi connectivity index (χ4n) is 5.80. The van der Waals surface area contributed by atoms with Crippen molar-refractivity contribution in [3.63, 3.8) is 0 Å². The van der Waals surface area contributed by atoms with E-state index in [1.54, 1.807) is 27.7 Å². The molecule has 15 N–H and O–H groups in total. The third kappa shape index (κ3) is 26.5. The number of hydrogen-bond acceptors (Lipinski definition) is 11. The van der Waals surface area contributed by atoms with E-state index in [1.165, 1.54) is 6.92 Å². The number of carboxylic acid groups (broad SMARTS) is 2. The minimum atomic E-state index is -1.33.